The summed E-state index contributed by atoms with van der Waals surface area (Å²) in [6.45, 7) is 5.79. The molecule has 196 valence electrons. The van der Waals surface area contributed by atoms with Gasteiger partial charge in [-0.05, 0) is 51.7 Å². The smallest absolute Gasteiger partial charge is 0.416 e. The van der Waals surface area contributed by atoms with Crippen LogP contribution < -0.4 is 16.0 Å². The second-order valence-corrected chi connectivity index (χ2v) is 9.67. The molecule has 3 aromatic rings. The summed E-state index contributed by atoms with van der Waals surface area (Å²) in [5.41, 5.74) is 5.05. The molecule has 1 fully saturated rings. The molecule has 0 atom stereocenters. The van der Waals surface area contributed by atoms with Gasteiger partial charge in [0.05, 0.1) is 18.8 Å². The second kappa shape index (κ2) is 10.4. The summed E-state index contributed by atoms with van der Waals surface area (Å²) in [6, 6.07) is 3.29. The Morgan fingerprint density at radius 2 is 2.08 bits per heavy atom. The van der Waals surface area contributed by atoms with Crippen LogP contribution in [0.2, 0.25) is 0 Å². The van der Waals surface area contributed by atoms with Gasteiger partial charge in [0.25, 0.3) is 11.8 Å². The Bertz CT molecular complexity index is 1300. The predicted octanol–water partition coefficient (Wildman–Crippen LogP) is 2.43. The molecule has 4 N–H and O–H groups in total. The molecule has 0 aliphatic heterocycles. The summed E-state index contributed by atoms with van der Waals surface area (Å²) in [4.78, 5) is 47.4. The molecule has 13 heteroatoms. The highest BCUT2D eigenvalue weighted by atomic mass is 16.6. The number of carbonyl (C=O) groups excluding carboxylic acids is 3. The summed E-state index contributed by atoms with van der Waals surface area (Å²) in [5.74, 6) is -0.583. The zero-order chi connectivity index (χ0) is 26.7. The van der Waals surface area contributed by atoms with Crippen molar-refractivity contribution >= 4 is 29.4 Å². The van der Waals surface area contributed by atoms with Gasteiger partial charge in [0.15, 0.2) is 11.4 Å². The van der Waals surface area contributed by atoms with Crippen LogP contribution in [0, 0.1) is 5.92 Å². The number of hydrogen-bond acceptors (Lipinski definition) is 9. The zero-order valence-electron chi connectivity index (χ0n) is 20.8. The predicted molar refractivity (Wildman–Crippen MR) is 132 cm³/mol. The van der Waals surface area contributed by atoms with Gasteiger partial charge in [0.2, 0.25) is 5.89 Å². The number of carbonyl (C=O) groups is 3. The number of oxazole rings is 1. The minimum atomic E-state index is -0.835. The number of amides is 3. The van der Waals surface area contributed by atoms with E-state index >= 15 is 0 Å². The van der Waals surface area contributed by atoms with Crippen LogP contribution in [-0.4, -0.2) is 61.5 Å². The fraction of sp³-hybridized carbons (Fsp3) is 0.417. The van der Waals surface area contributed by atoms with Crippen LogP contribution in [0.5, 0.6) is 0 Å². The van der Waals surface area contributed by atoms with Crippen LogP contribution in [0.15, 0.2) is 35.2 Å². The number of aliphatic hydroxyl groups is 1. The van der Waals surface area contributed by atoms with Gasteiger partial charge >= 0.3 is 6.09 Å². The van der Waals surface area contributed by atoms with Crippen LogP contribution >= 0.6 is 0 Å². The normalized spacial score (nSPS) is 13.3. The van der Waals surface area contributed by atoms with Gasteiger partial charge in [-0.15, -0.1) is 0 Å². The van der Waals surface area contributed by atoms with Crippen molar-refractivity contribution in [2.24, 2.45) is 11.7 Å². The maximum Gasteiger partial charge on any atom is 0.416 e. The summed E-state index contributed by atoms with van der Waals surface area (Å²) >= 11 is 0. The monoisotopic (exact) mass is 511 g/mol. The van der Waals surface area contributed by atoms with E-state index in [0.717, 1.165) is 12.8 Å². The Balaban J connectivity index is 1.54. The van der Waals surface area contributed by atoms with E-state index in [-0.39, 0.29) is 36.1 Å². The van der Waals surface area contributed by atoms with E-state index in [0.29, 0.717) is 23.8 Å². The molecule has 0 aromatic carbocycles. The first-order valence-corrected chi connectivity index (χ1v) is 11.8. The molecule has 37 heavy (non-hydrogen) atoms. The van der Waals surface area contributed by atoms with Crippen molar-refractivity contribution in [3.05, 3.63) is 42.2 Å². The van der Waals surface area contributed by atoms with Gasteiger partial charge in [-0.3, -0.25) is 19.2 Å². The van der Waals surface area contributed by atoms with Crippen LogP contribution in [0.1, 0.15) is 54.6 Å². The number of hydrogen-bond donors (Lipinski definition) is 3. The lowest BCUT2D eigenvalue weighted by atomic mass is 10.2. The number of nitrogens with zero attached hydrogens (tertiary/aromatic N) is 5. The Hall–Kier alpha value is -4.26. The average molecular weight is 512 g/mol. The number of nitrogens with two attached hydrogens (primary N) is 1. The van der Waals surface area contributed by atoms with E-state index in [9.17, 15) is 14.4 Å². The number of nitrogens with one attached hydrogen (secondary N) is 1. The van der Waals surface area contributed by atoms with Gasteiger partial charge in [0.1, 0.15) is 17.7 Å². The van der Waals surface area contributed by atoms with E-state index < -0.39 is 23.5 Å². The Morgan fingerprint density at radius 1 is 1.32 bits per heavy atom. The molecule has 3 heterocycles. The summed E-state index contributed by atoms with van der Waals surface area (Å²) in [5, 5.41) is 15.6. The van der Waals surface area contributed by atoms with Crippen molar-refractivity contribution in [2.75, 3.05) is 23.4 Å². The molecular formula is C24H29N7O6. The van der Waals surface area contributed by atoms with E-state index in [1.807, 2.05) is 0 Å². The Morgan fingerprint density at radius 3 is 2.73 bits per heavy atom. The molecular weight excluding hydrogens is 482 g/mol. The fourth-order valence-electron chi connectivity index (χ4n) is 3.45. The third kappa shape index (κ3) is 6.50. The van der Waals surface area contributed by atoms with Crippen LogP contribution in [-0.2, 0) is 11.3 Å². The van der Waals surface area contributed by atoms with Crippen LogP contribution in [0.25, 0.3) is 11.5 Å². The standard InChI is InChI=1S/C24H29N7O6/c1-24(2,3)37-23(35)31(11-14-4-5-14)18-10-15(6-7-26-18)22-28-17(13-36-22)21(34)27-16-12-30(8-9-32)29-19(16)20(25)33/h6-7,10,12-14,32H,4-5,8-9,11H2,1-3H3,(H2,25,33)(H,27,34). The highest BCUT2D eigenvalue weighted by molar-refractivity contribution is 6.07. The molecule has 4 rings (SSSR count). The molecule has 1 aliphatic rings. The lowest BCUT2D eigenvalue weighted by molar-refractivity contribution is 0.0577. The molecule has 3 amide bonds. The molecule has 3 aromatic heterocycles. The maximum atomic E-state index is 12.9. The lowest BCUT2D eigenvalue weighted by Crippen LogP contribution is -2.38. The summed E-state index contributed by atoms with van der Waals surface area (Å²) in [7, 11) is 0. The van der Waals surface area contributed by atoms with Gasteiger partial charge < -0.3 is 25.3 Å². The highest BCUT2D eigenvalue weighted by Gasteiger charge is 2.31. The second-order valence-electron chi connectivity index (χ2n) is 9.67. The Kier molecular flexibility index (Phi) is 7.25. The van der Waals surface area contributed by atoms with Gasteiger partial charge in [0, 0.05) is 24.5 Å². The van der Waals surface area contributed by atoms with Gasteiger partial charge in [-0.25, -0.2) is 14.8 Å². The van der Waals surface area contributed by atoms with Crippen LogP contribution in [0.3, 0.4) is 0 Å². The van der Waals surface area contributed by atoms with Crippen molar-refractivity contribution in [2.45, 2.75) is 45.8 Å². The quantitative estimate of drug-likeness (QED) is 0.389. The minimum Gasteiger partial charge on any atom is -0.444 e. The molecule has 1 saturated carbocycles. The number of anilines is 2. The van der Waals surface area contributed by atoms with Crippen molar-refractivity contribution in [1.82, 2.24) is 19.7 Å². The number of aromatic nitrogens is 4. The molecule has 0 spiro atoms. The van der Waals surface area contributed by atoms with Crippen molar-refractivity contribution < 1.29 is 28.6 Å². The number of rotatable bonds is 9. The lowest BCUT2D eigenvalue weighted by Gasteiger charge is -2.27. The highest BCUT2D eigenvalue weighted by Crippen LogP contribution is 2.32. The minimum absolute atomic E-state index is 0.0549. The van der Waals surface area contributed by atoms with Crippen LogP contribution in [0.4, 0.5) is 16.3 Å². The van der Waals surface area contributed by atoms with Gasteiger partial charge in [-0.2, -0.15) is 5.10 Å². The molecule has 13 nitrogen and oxygen atoms in total. The summed E-state index contributed by atoms with van der Waals surface area (Å²) in [6.07, 6.45) is 5.65. The third-order valence-corrected chi connectivity index (χ3v) is 5.33. The van der Waals surface area contributed by atoms with Crippen molar-refractivity contribution in [3.8, 4) is 11.5 Å². The molecule has 0 unspecified atom stereocenters. The van der Waals surface area contributed by atoms with E-state index in [4.69, 9.17) is 20.0 Å². The van der Waals surface area contributed by atoms with E-state index in [1.165, 1.54) is 28.2 Å². The Labute approximate surface area is 212 Å². The third-order valence-electron chi connectivity index (χ3n) is 5.33. The van der Waals surface area contributed by atoms with E-state index in [2.05, 4.69) is 20.4 Å². The average Bonchev–Trinajstić information content (AvgIpc) is 3.34. The molecule has 0 bridgehead atoms. The summed E-state index contributed by atoms with van der Waals surface area (Å²) < 4.78 is 12.4. The SMILES string of the molecule is CC(C)(C)OC(=O)N(CC1CC1)c1cc(-c2nc(C(=O)Nc3cn(CCO)nc3C(N)=O)co2)ccn1. The van der Waals surface area contributed by atoms with Crippen molar-refractivity contribution in [3.63, 3.8) is 0 Å². The maximum absolute atomic E-state index is 12.9. The molecule has 0 saturated heterocycles. The van der Waals surface area contributed by atoms with Gasteiger partial charge in [-0.1, -0.05) is 0 Å². The zero-order valence-corrected chi connectivity index (χ0v) is 20.8. The fourth-order valence-corrected chi connectivity index (χ4v) is 3.45. The topological polar surface area (TPSA) is 179 Å². The van der Waals surface area contributed by atoms with Crippen molar-refractivity contribution in [1.29, 1.82) is 0 Å². The van der Waals surface area contributed by atoms with E-state index in [1.54, 1.807) is 32.9 Å². The number of pyridine rings is 1. The molecule has 1 aliphatic carbocycles. The number of primary amides is 1. The largest absolute Gasteiger partial charge is 0.444 e. The molecule has 0 radical (unpaired) electrons. The first-order valence-electron chi connectivity index (χ1n) is 11.8. The first kappa shape index (κ1) is 25.8. The number of ether oxygens (including phenoxy) is 1. The number of aliphatic hydroxyl groups excluding tert-OH is 1. The first-order chi connectivity index (χ1) is 17.5.